The predicted octanol–water partition coefficient (Wildman–Crippen LogP) is 24.2. The fourth-order valence-corrected chi connectivity index (χ4v) is 20.2. The lowest BCUT2D eigenvalue weighted by Crippen LogP contribution is -2.41. The highest BCUT2D eigenvalue weighted by molar-refractivity contribution is 6.29. The second-order valence-electron chi connectivity index (χ2n) is 30.9. The molecule has 4 aliphatic carbocycles. The highest BCUT2D eigenvalue weighted by Gasteiger charge is 2.58. The van der Waals surface area contributed by atoms with Gasteiger partial charge >= 0.3 is 0 Å². The highest BCUT2D eigenvalue weighted by atomic mass is 35.5. The molecule has 0 N–H and O–H groups in total. The van der Waals surface area contributed by atoms with Crippen LogP contribution in [0.2, 0.25) is 15.6 Å². The van der Waals surface area contributed by atoms with Gasteiger partial charge in [0.2, 0.25) is 5.28 Å². The summed E-state index contributed by atoms with van der Waals surface area (Å²) in [5.74, 6) is 5.00. The first kappa shape index (κ1) is 78.1. The van der Waals surface area contributed by atoms with Gasteiger partial charge < -0.3 is 0 Å². The van der Waals surface area contributed by atoms with Crippen LogP contribution in [0.25, 0.3) is 0 Å². The molecule has 8 aromatic heterocycles. The van der Waals surface area contributed by atoms with Crippen molar-refractivity contribution in [3.63, 3.8) is 0 Å². The van der Waals surface area contributed by atoms with Crippen LogP contribution in [0, 0.1) is 20.8 Å². The monoisotopic (exact) mass is 1600 g/mol. The van der Waals surface area contributed by atoms with Crippen LogP contribution in [-0.4, -0.2) is 59.8 Å². The summed E-state index contributed by atoms with van der Waals surface area (Å²) in [6, 6.07) is 119. The Morgan fingerprint density at radius 3 is 0.644 bits per heavy atom. The van der Waals surface area contributed by atoms with Crippen molar-refractivity contribution in [2.24, 2.45) is 0 Å². The molecule has 0 spiro atoms. The molecule has 15 heteroatoms. The van der Waals surface area contributed by atoms with Crippen molar-refractivity contribution in [3.05, 3.63) is 500 Å². The summed E-state index contributed by atoms with van der Waals surface area (Å²) in [7, 11) is 0. The third kappa shape index (κ3) is 16.7. The van der Waals surface area contributed by atoms with Crippen molar-refractivity contribution in [1.29, 1.82) is 0 Å². The molecular formula is C103H87Cl3N12. The molecule has 6 atom stereocenters. The third-order valence-corrected chi connectivity index (χ3v) is 24.9. The molecule has 0 radical (unpaired) electrons. The standard InChI is InChI=1S/C27H25ClN4.2C26H22N2.C24H18Cl2N4/c1-16-14-21(31-18(3)29-16)25-23(19-10-6-4-7-11-19)26(22-15-17(2)30-27(28)32-22)24(25)20-12-8-5-9-13-20;1-3-11-19(12-4-1)23-25(21-15-7-9-17-27-21)24(20-13-5-2-6-14-20)26(23)22-16-8-10-18-28-22;1-3-11-19(12-4-1)23-24(20-13-5-2-6-14-20)26(22-16-8-10-18-28-22)25(23)21-15-7-9-17-27-21;25-19-11-17(27-13-29-19)23-21(15-7-3-1-4-8-15)24(18-12-20(26)30-14-28-18)22(23)16-9-5-2-6-10-16/h4-15,23-26H,1-3H3;2*1-18,23-26H;1-14,21-24H/t23-,24-,25?,26?;;23-,24-,25-,26+;/m1.1./s1. The fraction of sp³-hybridized carbons (Fsp3) is 0.184. The second-order valence-corrected chi connectivity index (χ2v) is 32.0. The van der Waals surface area contributed by atoms with Crippen molar-refractivity contribution < 1.29 is 0 Å². The molecule has 20 rings (SSSR count). The van der Waals surface area contributed by atoms with E-state index in [-0.39, 0.29) is 47.3 Å². The molecule has 0 unspecified atom stereocenters. The Bertz CT molecular complexity index is 5110. The van der Waals surface area contributed by atoms with Crippen molar-refractivity contribution in [2.75, 3.05) is 0 Å². The summed E-state index contributed by atoms with van der Waals surface area (Å²) < 4.78 is 0. The molecule has 16 aromatic rings. The van der Waals surface area contributed by atoms with Crippen LogP contribution >= 0.6 is 34.8 Å². The zero-order valence-corrected chi connectivity index (χ0v) is 67.8. The Balaban J connectivity index is 0.000000113. The van der Waals surface area contributed by atoms with Gasteiger partial charge in [-0.15, -0.1) is 0 Å². The normalized spacial score (nSPS) is 23.2. The van der Waals surface area contributed by atoms with Gasteiger partial charge in [-0.25, -0.2) is 39.9 Å². The quantitative estimate of drug-likeness (QED) is 0.0668. The summed E-state index contributed by atoms with van der Waals surface area (Å²) in [6.45, 7) is 5.98. The van der Waals surface area contributed by atoms with E-state index in [2.05, 4.69) is 321 Å². The van der Waals surface area contributed by atoms with Gasteiger partial charge in [0.25, 0.3) is 0 Å². The predicted molar refractivity (Wildman–Crippen MR) is 470 cm³/mol. The lowest BCUT2D eigenvalue weighted by Gasteiger charge is -2.52. The summed E-state index contributed by atoms with van der Waals surface area (Å²) in [4.78, 5) is 54.8. The van der Waals surface area contributed by atoms with E-state index in [1.807, 2.05) is 94.1 Å². The number of pyridine rings is 4. The van der Waals surface area contributed by atoms with Crippen LogP contribution in [0.4, 0.5) is 0 Å². The molecule has 4 aliphatic rings. The smallest absolute Gasteiger partial charge is 0.222 e. The van der Waals surface area contributed by atoms with Gasteiger partial charge in [-0.3, -0.25) is 19.9 Å². The Hall–Kier alpha value is -12.5. The van der Waals surface area contributed by atoms with E-state index in [1.165, 1.54) is 57.2 Å². The van der Waals surface area contributed by atoms with E-state index in [1.54, 1.807) is 0 Å². The number of hydrogen-bond donors (Lipinski definition) is 0. The van der Waals surface area contributed by atoms with E-state index in [0.29, 0.717) is 62.9 Å². The van der Waals surface area contributed by atoms with Gasteiger partial charge in [-0.05, 0) is 150 Å². The second kappa shape index (κ2) is 36.4. The van der Waals surface area contributed by atoms with Gasteiger partial charge in [-0.1, -0.05) is 290 Å². The zero-order valence-electron chi connectivity index (χ0n) is 65.5. The summed E-state index contributed by atoms with van der Waals surface area (Å²) in [5, 5.41) is 1.20. The Kier molecular flexibility index (Phi) is 24.1. The molecule has 4 fully saturated rings. The number of benzene rings is 8. The van der Waals surface area contributed by atoms with Crippen molar-refractivity contribution in [2.45, 2.75) is 115 Å². The Morgan fingerprint density at radius 2 is 0.407 bits per heavy atom. The molecule has 8 aromatic carbocycles. The van der Waals surface area contributed by atoms with Crippen molar-refractivity contribution in [3.8, 4) is 0 Å². The van der Waals surface area contributed by atoms with Crippen molar-refractivity contribution in [1.82, 2.24) is 59.8 Å². The number of aryl methyl sites for hydroxylation is 3. The van der Waals surface area contributed by atoms with E-state index in [0.717, 1.165) is 62.8 Å². The molecule has 0 aliphatic heterocycles. The van der Waals surface area contributed by atoms with E-state index in [4.69, 9.17) is 64.7 Å². The molecule has 580 valence electrons. The average Bonchev–Trinajstić information content (AvgIpc) is 0.731. The maximum absolute atomic E-state index is 6.31. The van der Waals surface area contributed by atoms with Gasteiger partial charge in [0.1, 0.15) is 28.8 Å². The number of nitrogens with zero attached hydrogens (tertiary/aromatic N) is 12. The number of halogens is 3. The largest absolute Gasteiger partial charge is 0.261 e. The molecular weight excluding hydrogens is 1510 g/mol. The molecule has 0 bridgehead atoms. The molecule has 8 heterocycles. The molecule has 0 saturated heterocycles. The minimum absolute atomic E-state index is 0.133. The topological polar surface area (TPSA) is 155 Å². The van der Waals surface area contributed by atoms with Gasteiger partial charge in [0.05, 0.1) is 0 Å². The minimum atomic E-state index is 0.133. The molecule has 4 saturated carbocycles. The van der Waals surface area contributed by atoms with Crippen molar-refractivity contribution >= 4 is 34.8 Å². The van der Waals surface area contributed by atoms with Crippen LogP contribution in [0.3, 0.4) is 0 Å². The highest BCUT2D eigenvalue weighted by Crippen LogP contribution is 2.70. The van der Waals surface area contributed by atoms with Crippen LogP contribution in [0.5, 0.6) is 0 Å². The summed E-state index contributed by atoms with van der Waals surface area (Å²) in [5.41, 5.74) is 21.0. The van der Waals surface area contributed by atoms with Crippen LogP contribution in [0.1, 0.15) is 202 Å². The van der Waals surface area contributed by atoms with Crippen LogP contribution in [-0.2, 0) is 0 Å². The first-order valence-corrected chi connectivity index (χ1v) is 41.5. The molecule has 0 amide bonds. The molecule has 12 nitrogen and oxygen atoms in total. The first-order chi connectivity index (χ1) is 58.1. The van der Waals surface area contributed by atoms with E-state index in [9.17, 15) is 0 Å². The van der Waals surface area contributed by atoms with E-state index < -0.39 is 0 Å². The minimum Gasteiger partial charge on any atom is -0.261 e. The Morgan fingerprint density at radius 1 is 0.186 bits per heavy atom. The molecule has 118 heavy (non-hydrogen) atoms. The van der Waals surface area contributed by atoms with Gasteiger partial charge in [0.15, 0.2) is 0 Å². The summed E-state index contributed by atoms with van der Waals surface area (Å²) in [6.07, 6.45) is 10.7. The maximum atomic E-state index is 6.31. The first-order valence-electron chi connectivity index (χ1n) is 40.4. The lowest BCUT2D eigenvalue weighted by atomic mass is 9.50. The zero-order chi connectivity index (χ0) is 80.3. The van der Waals surface area contributed by atoms with Gasteiger partial charge in [0, 0.05) is 176 Å². The van der Waals surface area contributed by atoms with E-state index >= 15 is 0 Å². The summed E-state index contributed by atoms with van der Waals surface area (Å²) >= 11 is 18.8. The lowest BCUT2D eigenvalue weighted by molar-refractivity contribution is 0.219. The Labute approximate surface area is 705 Å². The van der Waals surface area contributed by atoms with Crippen LogP contribution in [0.15, 0.2) is 377 Å². The number of aromatic nitrogens is 12. The third-order valence-electron chi connectivity index (χ3n) is 24.3. The SMILES string of the molecule is Cc1cc(C2[C@@H](c3ccccc3)C(c3cc(C)nc(Cl)n3)[C@@H]2c2ccccc2)nc(C)n1.Clc1cc(C2C(c3ccccc3)C(c3cc(Cl)ncn3)C2c2ccccc2)ncn1.c1ccc(C2C(c3ccccn3)C(c3ccccc3)C2c2ccccn2)cc1.c1ccc([C@@H]2[C@@H](c3ccccc3)[C@H](c3ccccn3)[C@@H]2c2ccccn2)cc1. The fourth-order valence-electron chi connectivity index (χ4n) is 19.6. The number of hydrogen-bond acceptors (Lipinski definition) is 12. The average molecular weight is 1600 g/mol. The maximum Gasteiger partial charge on any atom is 0.222 e. The number of rotatable bonds is 16. The van der Waals surface area contributed by atoms with Crippen LogP contribution < -0.4 is 0 Å². The van der Waals surface area contributed by atoms with Gasteiger partial charge in [-0.2, -0.15) is 0 Å².